The first-order valence-electron chi connectivity index (χ1n) is 6.43. The number of carbonyl (C=O) groups excluding carboxylic acids is 1. The summed E-state index contributed by atoms with van der Waals surface area (Å²) in [6, 6.07) is 10.3. The molecule has 0 bridgehead atoms. The third-order valence-electron chi connectivity index (χ3n) is 2.84. The van der Waals surface area contributed by atoms with E-state index in [0.29, 0.717) is 5.76 Å². The summed E-state index contributed by atoms with van der Waals surface area (Å²) in [6.45, 7) is 1.88. The molecular formula is C14H15N3O5S. The monoisotopic (exact) mass is 337 g/mol. The van der Waals surface area contributed by atoms with Gasteiger partial charge < -0.3 is 10.2 Å². The summed E-state index contributed by atoms with van der Waals surface area (Å²) in [5.74, 6) is -1.66. The van der Waals surface area contributed by atoms with Gasteiger partial charge in [0.1, 0.15) is 5.76 Å². The molecule has 2 rings (SSSR count). The van der Waals surface area contributed by atoms with Crippen LogP contribution in [0.2, 0.25) is 0 Å². The summed E-state index contributed by atoms with van der Waals surface area (Å²) in [4.78, 5) is 12.2. The molecule has 0 saturated heterocycles. The van der Waals surface area contributed by atoms with Crippen LogP contribution in [0.1, 0.15) is 16.1 Å². The smallest absolute Gasteiger partial charge is 0.321 e. The van der Waals surface area contributed by atoms with Crippen LogP contribution in [-0.4, -0.2) is 31.6 Å². The molecule has 1 amide bonds. The van der Waals surface area contributed by atoms with Gasteiger partial charge in [-0.15, -0.1) is 9.35 Å². The Hall–Kier alpha value is -2.65. The molecule has 0 saturated carbocycles. The Morgan fingerprint density at radius 1 is 1.26 bits per heavy atom. The molecule has 1 aromatic carbocycles. The first-order valence-corrected chi connectivity index (χ1v) is 8.24. The van der Waals surface area contributed by atoms with Crippen LogP contribution in [0.5, 0.6) is 0 Å². The van der Waals surface area contributed by atoms with Crippen LogP contribution in [-0.2, 0) is 14.4 Å². The lowest BCUT2D eigenvalue weighted by Gasteiger charge is -2.16. The van der Waals surface area contributed by atoms with E-state index in [1.165, 1.54) is 6.07 Å². The normalized spacial score (nSPS) is 11.2. The van der Waals surface area contributed by atoms with Gasteiger partial charge in [-0.2, -0.15) is 8.42 Å². The molecule has 122 valence electrons. The highest BCUT2D eigenvalue weighted by atomic mass is 32.2. The zero-order valence-electron chi connectivity index (χ0n) is 12.4. The average Bonchev–Trinajstić information content (AvgIpc) is 2.93. The maximum atomic E-state index is 12.2. The number of amides is 1. The van der Waals surface area contributed by atoms with Crippen LogP contribution in [0.25, 0.3) is 11.3 Å². The first-order chi connectivity index (χ1) is 10.7. The largest absolute Gasteiger partial charge is 0.451 e. The highest BCUT2D eigenvalue weighted by Gasteiger charge is 2.27. The Labute approximate surface area is 133 Å². The number of aryl methyl sites for hydroxylation is 1. The predicted octanol–water partition coefficient (Wildman–Crippen LogP) is 1.48. The van der Waals surface area contributed by atoms with E-state index in [9.17, 15) is 13.2 Å². The molecule has 0 aliphatic heterocycles. The second-order valence-electron chi connectivity index (χ2n) is 4.74. The second-order valence-corrected chi connectivity index (χ2v) is 6.30. The van der Waals surface area contributed by atoms with Gasteiger partial charge in [-0.1, -0.05) is 24.3 Å². The van der Waals surface area contributed by atoms with Crippen LogP contribution in [0.4, 0.5) is 0 Å². The van der Waals surface area contributed by atoms with Gasteiger partial charge in [-0.05, 0) is 24.6 Å². The predicted molar refractivity (Wildman–Crippen MR) is 82.9 cm³/mol. The fraction of sp³-hybridized carbons (Fsp3) is 0.143. The minimum atomic E-state index is -4.03. The minimum Gasteiger partial charge on any atom is -0.451 e. The van der Waals surface area contributed by atoms with E-state index in [4.69, 9.17) is 15.6 Å². The topological polar surface area (TPSA) is 127 Å². The van der Waals surface area contributed by atoms with Crippen molar-refractivity contribution >= 4 is 22.0 Å². The molecule has 8 nitrogen and oxygen atoms in total. The van der Waals surface area contributed by atoms with Crippen molar-refractivity contribution in [2.75, 3.05) is 6.26 Å². The standard InChI is InChI=1S/C14H15N3O5S/c1-9-5-3-4-6-10(9)11-7-8-12(21-11)13(18)17(14(15)16)22-23(2,19)20/h3-8H,1-2H3,(H3,15,16). The number of hydrogen-bond acceptors (Lipinski definition) is 6. The quantitative estimate of drug-likeness (QED) is 0.494. The Bertz CT molecular complexity index is 857. The zero-order chi connectivity index (χ0) is 17.2. The molecule has 0 aliphatic rings. The van der Waals surface area contributed by atoms with Gasteiger partial charge in [0.05, 0.1) is 6.26 Å². The number of furan rings is 1. The van der Waals surface area contributed by atoms with Crippen LogP contribution in [0.15, 0.2) is 40.8 Å². The van der Waals surface area contributed by atoms with Crippen LogP contribution in [0.3, 0.4) is 0 Å². The fourth-order valence-corrected chi connectivity index (χ4v) is 2.28. The van der Waals surface area contributed by atoms with Gasteiger partial charge in [0.25, 0.3) is 10.1 Å². The van der Waals surface area contributed by atoms with E-state index in [1.807, 2.05) is 31.2 Å². The summed E-state index contributed by atoms with van der Waals surface area (Å²) < 4.78 is 32.1. The van der Waals surface area contributed by atoms with E-state index < -0.39 is 22.0 Å². The highest BCUT2D eigenvalue weighted by Crippen LogP contribution is 2.25. The summed E-state index contributed by atoms with van der Waals surface area (Å²) in [7, 11) is -4.03. The Kier molecular flexibility index (Phi) is 4.52. The van der Waals surface area contributed by atoms with E-state index in [2.05, 4.69) is 4.28 Å². The molecule has 23 heavy (non-hydrogen) atoms. The summed E-state index contributed by atoms with van der Waals surface area (Å²) in [6.07, 6.45) is 0.733. The molecule has 0 atom stereocenters. The zero-order valence-corrected chi connectivity index (χ0v) is 13.3. The molecule has 3 N–H and O–H groups in total. The molecule has 9 heteroatoms. The molecule has 1 aromatic heterocycles. The summed E-state index contributed by atoms with van der Waals surface area (Å²) >= 11 is 0. The lowest BCUT2D eigenvalue weighted by molar-refractivity contribution is 0.0173. The van der Waals surface area contributed by atoms with Crippen molar-refractivity contribution in [1.29, 1.82) is 5.41 Å². The Morgan fingerprint density at radius 3 is 2.48 bits per heavy atom. The van der Waals surface area contributed by atoms with Crippen molar-refractivity contribution in [3.05, 3.63) is 47.7 Å². The van der Waals surface area contributed by atoms with Gasteiger partial charge >= 0.3 is 5.91 Å². The van der Waals surface area contributed by atoms with E-state index in [0.717, 1.165) is 17.4 Å². The van der Waals surface area contributed by atoms with Crippen LogP contribution in [0, 0.1) is 12.3 Å². The van der Waals surface area contributed by atoms with Crippen molar-refractivity contribution in [3.8, 4) is 11.3 Å². The van der Waals surface area contributed by atoms with E-state index in [1.54, 1.807) is 6.07 Å². The molecule has 0 unspecified atom stereocenters. The van der Waals surface area contributed by atoms with E-state index >= 15 is 0 Å². The molecule has 0 radical (unpaired) electrons. The van der Waals surface area contributed by atoms with Crippen molar-refractivity contribution in [3.63, 3.8) is 0 Å². The van der Waals surface area contributed by atoms with Gasteiger partial charge in [0.2, 0.25) is 5.96 Å². The SMILES string of the molecule is Cc1ccccc1-c1ccc(C(=O)N(OS(C)(=O)=O)C(=N)N)o1. The van der Waals surface area contributed by atoms with Crippen molar-refractivity contribution in [2.24, 2.45) is 5.73 Å². The number of hydroxylamine groups is 2. The van der Waals surface area contributed by atoms with Gasteiger partial charge in [-0.25, -0.2) is 0 Å². The molecule has 0 fully saturated rings. The number of benzene rings is 1. The summed E-state index contributed by atoms with van der Waals surface area (Å²) in [5, 5.41) is 7.42. The molecule has 0 spiro atoms. The average molecular weight is 337 g/mol. The molecule has 1 heterocycles. The van der Waals surface area contributed by atoms with E-state index in [-0.39, 0.29) is 10.8 Å². The Morgan fingerprint density at radius 2 is 1.91 bits per heavy atom. The van der Waals surface area contributed by atoms with Crippen molar-refractivity contribution in [1.82, 2.24) is 5.06 Å². The Balaban J connectivity index is 2.33. The van der Waals surface area contributed by atoms with Gasteiger partial charge in [0.15, 0.2) is 5.76 Å². The highest BCUT2D eigenvalue weighted by molar-refractivity contribution is 7.85. The number of rotatable bonds is 4. The van der Waals surface area contributed by atoms with Gasteiger partial charge in [-0.3, -0.25) is 10.2 Å². The second kappa shape index (κ2) is 6.23. The first kappa shape index (κ1) is 16.7. The maximum Gasteiger partial charge on any atom is 0.321 e. The van der Waals surface area contributed by atoms with Crippen LogP contribution >= 0.6 is 0 Å². The van der Waals surface area contributed by atoms with Gasteiger partial charge in [0, 0.05) is 5.56 Å². The van der Waals surface area contributed by atoms with Crippen molar-refractivity contribution in [2.45, 2.75) is 6.92 Å². The van der Waals surface area contributed by atoms with Crippen LogP contribution < -0.4 is 5.73 Å². The summed E-state index contributed by atoms with van der Waals surface area (Å²) in [5.41, 5.74) is 6.91. The maximum absolute atomic E-state index is 12.2. The number of guanidine groups is 1. The number of hydrogen-bond donors (Lipinski definition) is 2. The number of nitrogens with one attached hydrogen (secondary N) is 1. The lowest BCUT2D eigenvalue weighted by atomic mass is 10.1. The number of nitrogens with zero attached hydrogens (tertiary/aromatic N) is 1. The third kappa shape index (κ3) is 3.96. The fourth-order valence-electron chi connectivity index (χ4n) is 1.87. The molecule has 0 aliphatic carbocycles. The molecule has 2 aromatic rings. The third-order valence-corrected chi connectivity index (χ3v) is 3.26. The van der Waals surface area contributed by atoms with Crippen molar-refractivity contribution < 1.29 is 21.9 Å². The molecular weight excluding hydrogens is 322 g/mol. The minimum absolute atomic E-state index is 0.149. The number of carbonyl (C=O) groups is 1. The lowest BCUT2D eigenvalue weighted by Crippen LogP contribution is -2.42. The number of nitrogens with two attached hydrogens (primary N) is 1.